The molecule has 17 heavy (non-hydrogen) atoms. The second kappa shape index (κ2) is 5.10. The van der Waals surface area contributed by atoms with E-state index >= 15 is 0 Å². The molecule has 1 aromatic heterocycles. The largest absolute Gasteiger partial charge is 0.481 e. The third-order valence-corrected chi connectivity index (χ3v) is 3.31. The maximum absolute atomic E-state index is 10.5. The molecule has 88 valence electrons. The fourth-order valence-corrected chi connectivity index (χ4v) is 2.37. The molecule has 0 unspecified atom stereocenters. The van der Waals surface area contributed by atoms with Gasteiger partial charge in [0.05, 0.1) is 17.1 Å². The summed E-state index contributed by atoms with van der Waals surface area (Å²) in [4.78, 5) is 14.8. The van der Waals surface area contributed by atoms with Gasteiger partial charge in [-0.2, -0.15) is 0 Å². The first-order valence-corrected chi connectivity index (χ1v) is 6.22. The van der Waals surface area contributed by atoms with E-state index in [1.54, 1.807) is 0 Å². The zero-order chi connectivity index (χ0) is 12.3. The maximum Gasteiger partial charge on any atom is 0.309 e. The van der Waals surface area contributed by atoms with Crippen molar-refractivity contribution in [1.29, 1.82) is 0 Å². The van der Waals surface area contributed by atoms with Gasteiger partial charge in [-0.15, -0.1) is 11.3 Å². The van der Waals surface area contributed by atoms with E-state index in [1.807, 2.05) is 5.38 Å². The molecule has 0 aliphatic carbocycles. The highest BCUT2D eigenvalue weighted by atomic mass is 32.1. The first kappa shape index (κ1) is 11.8. The molecule has 0 atom stereocenters. The van der Waals surface area contributed by atoms with Crippen molar-refractivity contribution in [2.24, 2.45) is 0 Å². The van der Waals surface area contributed by atoms with Crippen LogP contribution in [-0.2, 0) is 17.6 Å². The van der Waals surface area contributed by atoms with Crippen molar-refractivity contribution in [2.75, 3.05) is 0 Å². The Kier molecular flexibility index (Phi) is 3.54. The van der Waals surface area contributed by atoms with Crippen LogP contribution in [0.25, 0.3) is 0 Å². The first-order chi connectivity index (χ1) is 8.13. The van der Waals surface area contributed by atoms with Crippen LogP contribution < -0.4 is 0 Å². The molecule has 0 amide bonds. The molecule has 0 saturated heterocycles. The predicted molar refractivity (Wildman–Crippen MR) is 67.4 cm³/mol. The van der Waals surface area contributed by atoms with E-state index in [0.29, 0.717) is 5.69 Å². The highest BCUT2D eigenvalue weighted by Crippen LogP contribution is 2.15. The predicted octanol–water partition coefficient (Wildman–Crippen LogP) is 2.67. The fraction of sp³-hybridized carbons (Fsp3) is 0.231. The molecule has 1 N–H and O–H groups in total. The second-order valence-corrected chi connectivity index (χ2v) is 4.91. The molecule has 1 aromatic carbocycles. The van der Waals surface area contributed by atoms with Gasteiger partial charge in [0.25, 0.3) is 0 Å². The molecular formula is C13H13NO2S. The molecule has 0 radical (unpaired) electrons. The molecule has 2 rings (SSSR count). The molecule has 4 heteroatoms. The number of aliphatic carboxylic acids is 1. The van der Waals surface area contributed by atoms with Crippen LogP contribution in [-0.4, -0.2) is 16.1 Å². The van der Waals surface area contributed by atoms with Crippen LogP contribution in [0.1, 0.15) is 21.8 Å². The van der Waals surface area contributed by atoms with Crippen molar-refractivity contribution >= 4 is 17.3 Å². The van der Waals surface area contributed by atoms with Crippen molar-refractivity contribution in [1.82, 2.24) is 4.98 Å². The summed E-state index contributed by atoms with van der Waals surface area (Å²) in [6, 6.07) is 8.30. The number of carboxylic acids is 1. The van der Waals surface area contributed by atoms with E-state index in [0.717, 1.165) is 11.4 Å². The molecule has 3 nitrogen and oxygen atoms in total. The van der Waals surface area contributed by atoms with Gasteiger partial charge in [0, 0.05) is 11.8 Å². The third-order valence-electron chi connectivity index (χ3n) is 2.41. The lowest BCUT2D eigenvalue weighted by atomic mass is 10.1. The van der Waals surface area contributed by atoms with Gasteiger partial charge < -0.3 is 5.11 Å². The quantitative estimate of drug-likeness (QED) is 0.903. The average molecular weight is 247 g/mol. The minimum Gasteiger partial charge on any atom is -0.481 e. The van der Waals surface area contributed by atoms with Gasteiger partial charge in [0.15, 0.2) is 0 Å². The lowest BCUT2D eigenvalue weighted by Crippen LogP contribution is -2.00. The summed E-state index contributed by atoms with van der Waals surface area (Å²) >= 11 is 1.52. The van der Waals surface area contributed by atoms with Gasteiger partial charge in [0.1, 0.15) is 0 Å². The minimum absolute atomic E-state index is 0.00436. The Hall–Kier alpha value is -1.68. The zero-order valence-electron chi connectivity index (χ0n) is 9.51. The van der Waals surface area contributed by atoms with Crippen LogP contribution in [0.3, 0.4) is 0 Å². The van der Waals surface area contributed by atoms with Crippen LogP contribution in [0.5, 0.6) is 0 Å². The Morgan fingerprint density at radius 2 is 2.06 bits per heavy atom. The van der Waals surface area contributed by atoms with Crippen molar-refractivity contribution in [3.05, 3.63) is 51.5 Å². The maximum atomic E-state index is 10.5. The molecule has 0 aliphatic rings. The normalized spacial score (nSPS) is 10.4. The summed E-state index contributed by atoms with van der Waals surface area (Å²) in [5.74, 6) is -0.836. The van der Waals surface area contributed by atoms with Crippen LogP contribution in [0.15, 0.2) is 29.6 Å². The third kappa shape index (κ3) is 3.39. The number of carboxylic acid groups (broad SMARTS) is 1. The van der Waals surface area contributed by atoms with Gasteiger partial charge in [-0.05, 0) is 12.5 Å². The molecule has 0 bridgehead atoms. The molecule has 0 fully saturated rings. The van der Waals surface area contributed by atoms with Crippen molar-refractivity contribution in [3.8, 4) is 0 Å². The SMILES string of the molecule is Cc1ccc(Cc2nc(CC(=O)O)cs2)cc1. The Morgan fingerprint density at radius 3 is 2.71 bits per heavy atom. The monoisotopic (exact) mass is 247 g/mol. The number of aryl methyl sites for hydroxylation is 1. The summed E-state index contributed by atoms with van der Waals surface area (Å²) in [6.07, 6.45) is 0.773. The molecule has 1 heterocycles. The molecular weight excluding hydrogens is 234 g/mol. The molecule has 0 saturated carbocycles. The van der Waals surface area contributed by atoms with Crippen molar-refractivity contribution in [3.63, 3.8) is 0 Å². The summed E-state index contributed by atoms with van der Waals surface area (Å²) in [6.45, 7) is 2.05. The van der Waals surface area contributed by atoms with E-state index in [9.17, 15) is 4.79 Å². The van der Waals surface area contributed by atoms with Crippen LogP contribution in [0, 0.1) is 6.92 Å². The van der Waals surface area contributed by atoms with E-state index < -0.39 is 5.97 Å². The van der Waals surface area contributed by atoms with Crippen LogP contribution in [0.4, 0.5) is 0 Å². The zero-order valence-corrected chi connectivity index (χ0v) is 10.3. The van der Waals surface area contributed by atoms with Gasteiger partial charge in [-0.3, -0.25) is 4.79 Å². The average Bonchev–Trinajstić information content (AvgIpc) is 2.68. The topological polar surface area (TPSA) is 50.2 Å². The van der Waals surface area contributed by atoms with Gasteiger partial charge in [0.2, 0.25) is 0 Å². The summed E-state index contributed by atoms with van der Waals surface area (Å²) in [7, 11) is 0. The highest BCUT2D eigenvalue weighted by Gasteiger charge is 2.06. The van der Waals surface area contributed by atoms with Crippen molar-refractivity contribution in [2.45, 2.75) is 19.8 Å². The highest BCUT2D eigenvalue weighted by molar-refractivity contribution is 7.09. The first-order valence-electron chi connectivity index (χ1n) is 5.34. The van der Waals surface area contributed by atoms with E-state index in [2.05, 4.69) is 36.2 Å². The second-order valence-electron chi connectivity index (χ2n) is 3.97. The Bertz CT molecular complexity index is 516. The summed E-state index contributed by atoms with van der Waals surface area (Å²) < 4.78 is 0. The van der Waals surface area contributed by atoms with E-state index in [1.165, 1.54) is 22.5 Å². The number of aromatic nitrogens is 1. The Balaban J connectivity index is 2.06. The van der Waals surface area contributed by atoms with Crippen LogP contribution >= 0.6 is 11.3 Å². The van der Waals surface area contributed by atoms with Gasteiger partial charge >= 0.3 is 5.97 Å². The number of carbonyl (C=O) groups is 1. The van der Waals surface area contributed by atoms with Gasteiger partial charge in [-0.25, -0.2) is 4.98 Å². The molecule has 0 aliphatic heterocycles. The number of thiazole rings is 1. The smallest absolute Gasteiger partial charge is 0.309 e. The number of nitrogens with zero attached hydrogens (tertiary/aromatic N) is 1. The lowest BCUT2D eigenvalue weighted by molar-refractivity contribution is -0.136. The van der Waals surface area contributed by atoms with Crippen LogP contribution in [0.2, 0.25) is 0 Å². The lowest BCUT2D eigenvalue weighted by Gasteiger charge is -1.98. The fourth-order valence-electron chi connectivity index (χ4n) is 1.55. The number of benzene rings is 1. The summed E-state index contributed by atoms with van der Waals surface area (Å²) in [5.41, 5.74) is 3.08. The number of hydrogen-bond donors (Lipinski definition) is 1. The number of rotatable bonds is 4. The Morgan fingerprint density at radius 1 is 1.35 bits per heavy atom. The van der Waals surface area contributed by atoms with E-state index in [4.69, 9.17) is 5.11 Å². The van der Waals surface area contributed by atoms with E-state index in [-0.39, 0.29) is 6.42 Å². The standard InChI is InChI=1S/C13H13NO2S/c1-9-2-4-10(5-3-9)6-12-14-11(8-17-12)7-13(15)16/h2-5,8H,6-7H2,1H3,(H,15,16). The van der Waals surface area contributed by atoms with Crippen molar-refractivity contribution < 1.29 is 9.90 Å². The summed E-state index contributed by atoms with van der Waals surface area (Å²) in [5, 5.41) is 11.4. The minimum atomic E-state index is -0.836. The van der Waals surface area contributed by atoms with Gasteiger partial charge in [-0.1, -0.05) is 29.8 Å². The molecule has 2 aromatic rings. The molecule has 0 spiro atoms. The number of hydrogen-bond acceptors (Lipinski definition) is 3. The Labute approximate surface area is 104 Å².